The summed E-state index contributed by atoms with van der Waals surface area (Å²) in [7, 11) is 0. The SMILES string of the molecule is CCCCCCCCCCCCCCCC[Te]c1c(O)cccc1OCCCCCCCC. The van der Waals surface area contributed by atoms with E-state index >= 15 is 0 Å². The second-order valence-corrected chi connectivity index (χ2v) is 12.8. The van der Waals surface area contributed by atoms with Crippen LogP contribution in [0.3, 0.4) is 0 Å². The van der Waals surface area contributed by atoms with Gasteiger partial charge in [0, 0.05) is 0 Å². The average Bonchev–Trinajstić information content (AvgIpc) is 2.82. The summed E-state index contributed by atoms with van der Waals surface area (Å²) in [6.07, 6.45) is 27.4. The Morgan fingerprint density at radius 1 is 0.606 bits per heavy atom. The molecule has 1 aromatic carbocycles. The Labute approximate surface area is 216 Å². The molecular formula is C30H54O2Te. The monoisotopic (exact) mass is 576 g/mol. The quantitative estimate of drug-likeness (QED) is 0.0985. The molecule has 0 spiro atoms. The standard InChI is InChI=1S/C30H54O2Te/c1-3-5-7-9-11-12-13-14-15-16-17-18-20-22-27-33-30-28(31)24-23-25-29(30)32-26-21-19-10-8-6-4-2/h23-25,31H,3-22,26-27H2,1-2H3. The van der Waals surface area contributed by atoms with Crippen LogP contribution in [0.25, 0.3) is 0 Å². The van der Waals surface area contributed by atoms with Crippen LogP contribution in [0.5, 0.6) is 11.5 Å². The van der Waals surface area contributed by atoms with Crippen LogP contribution in [0.15, 0.2) is 18.2 Å². The summed E-state index contributed by atoms with van der Waals surface area (Å²) in [5.74, 6) is 1.42. The second kappa shape index (κ2) is 23.4. The molecule has 0 fully saturated rings. The first-order chi connectivity index (χ1) is 16.3. The van der Waals surface area contributed by atoms with Gasteiger partial charge in [-0.3, -0.25) is 0 Å². The van der Waals surface area contributed by atoms with Gasteiger partial charge >= 0.3 is 191 Å². The Bertz CT molecular complexity index is 546. The van der Waals surface area contributed by atoms with Crippen molar-refractivity contribution in [2.45, 2.75) is 147 Å². The van der Waals surface area contributed by atoms with Gasteiger partial charge in [0.25, 0.3) is 0 Å². The fourth-order valence-electron chi connectivity index (χ4n) is 4.30. The summed E-state index contributed by atoms with van der Waals surface area (Å²) < 4.78 is 8.49. The van der Waals surface area contributed by atoms with Crippen LogP contribution in [0.4, 0.5) is 0 Å². The van der Waals surface area contributed by atoms with E-state index < -0.39 is 0 Å². The molecular weight excluding hydrogens is 520 g/mol. The Hall–Kier alpha value is -0.390. The molecule has 3 heteroatoms. The van der Waals surface area contributed by atoms with Crippen LogP contribution < -0.4 is 8.35 Å². The molecule has 0 saturated carbocycles. The van der Waals surface area contributed by atoms with Gasteiger partial charge in [-0.2, -0.15) is 0 Å². The van der Waals surface area contributed by atoms with E-state index in [4.69, 9.17) is 4.74 Å². The molecule has 0 aromatic heterocycles. The predicted molar refractivity (Wildman–Crippen MR) is 147 cm³/mol. The molecule has 0 aliphatic carbocycles. The number of phenolic OH excluding ortho intramolecular Hbond substituents is 1. The summed E-state index contributed by atoms with van der Waals surface area (Å²) in [6, 6.07) is 5.82. The molecule has 1 aromatic rings. The number of ether oxygens (including phenoxy) is 1. The van der Waals surface area contributed by atoms with Gasteiger partial charge in [0.1, 0.15) is 0 Å². The van der Waals surface area contributed by atoms with Crippen molar-refractivity contribution < 1.29 is 9.84 Å². The molecule has 0 radical (unpaired) electrons. The van der Waals surface area contributed by atoms with Gasteiger partial charge in [-0.25, -0.2) is 0 Å². The van der Waals surface area contributed by atoms with Crippen molar-refractivity contribution in [2.24, 2.45) is 0 Å². The van der Waals surface area contributed by atoms with Crippen LogP contribution in [-0.2, 0) is 0 Å². The van der Waals surface area contributed by atoms with Crippen molar-refractivity contribution in [1.29, 1.82) is 0 Å². The molecule has 0 aliphatic heterocycles. The van der Waals surface area contributed by atoms with Crippen molar-refractivity contribution in [1.82, 2.24) is 0 Å². The number of benzene rings is 1. The number of hydrogen-bond acceptors (Lipinski definition) is 2. The number of hydrogen-bond donors (Lipinski definition) is 1. The zero-order valence-electron chi connectivity index (χ0n) is 22.1. The summed E-state index contributed by atoms with van der Waals surface area (Å²) >= 11 is -0.368. The van der Waals surface area contributed by atoms with E-state index in [1.54, 1.807) is 0 Å². The van der Waals surface area contributed by atoms with Crippen LogP contribution in [0, 0.1) is 0 Å². The number of rotatable bonds is 24. The van der Waals surface area contributed by atoms with Crippen LogP contribution in [-0.4, -0.2) is 32.6 Å². The van der Waals surface area contributed by atoms with E-state index in [9.17, 15) is 5.11 Å². The van der Waals surface area contributed by atoms with Crippen molar-refractivity contribution in [3.63, 3.8) is 0 Å². The predicted octanol–water partition coefficient (Wildman–Crippen LogP) is 9.36. The van der Waals surface area contributed by atoms with Crippen molar-refractivity contribution in [2.75, 3.05) is 6.61 Å². The van der Waals surface area contributed by atoms with Gasteiger partial charge in [-0.15, -0.1) is 0 Å². The van der Waals surface area contributed by atoms with Crippen LogP contribution in [0.1, 0.15) is 142 Å². The molecule has 0 saturated heterocycles. The van der Waals surface area contributed by atoms with E-state index in [0.29, 0.717) is 5.75 Å². The molecule has 2 nitrogen and oxygen atoms in total. The minimum atomic E-state index is -0.368. The van der Waals surface area contributed by atoms with E-state index in [1.807, 2.05) is 12.1 Å². The minimum absolute atomic E-state index is 0.368. The summed E-state index contributed by atoms with van der Waals surface area (Å²) in [4.78, 5) is 0. The zero-order valence-corrected chi connectivity index (χ0v) is 24.4. The molecule has 33 heavy (non-hydrogen) atoms. The Balaban J connectivity index is 2.02. The first kappa shape index (κ1) is 30.6. The molecule has 0 amide bonds. The Morgan fingerprint density at radius 2 is 1.06 bits per heavy atom. The molecule has 0 heterocycles. The van der Waals surface area contributed by atoms with Gasteiger partial charge in [0.15, 0.2) is 0 Å². The van der Waals surface area contributed by atoms with Gasteiger partial charge in [-0.1, -0.05) is 26.2 Å². The maximum absolute atomic E-state index is 10.4. The zero-order chi connectivity index (χ0) is 23.8. The second-order valence-electron chi connectivity index (χ2n) is 9.67. The molecule has 0 unspecified atom stereocenters. The van der Waals surface area contributed by atoms with Gasteiger partial charge in [0.05, 0.1) is 0 Å². The molecule has 1 N–H and O–H groups in total. The summed E-state index contributed by atoms with van der Waals surface area (Å²) in [5, 5.41) is 10.4. The Morgan fingerprint density at radius 3 is 1.58 bits per heavy atom. The fourth-order valence-corrected chi connectivity index (χ4v) is 7.26. The number of aromatic hydroxyl groups is 1. The maximum atomic E-state index is 10.4. The molecule has 0 bridgehead atoms. The van der Waals surface area contributed by atoms with Crippen molar-refractivity contribution in [3.8, 4) is 11.5 Å². The molecule has 0 aliphatic rings. The third-order valence-corrected chi connectivity index (χ3v) is 9.86. The van der Waals surface area contributed by atoms with Crippen LogP contribution in [0.2, 0.25) is 4.47 Å². The normalized spacial score (nSPS) is 11.2. The van der Waals surface area contributed by atoms with Gasteiger partial charge < -0.3 is 0 Å². The van der Waals surface area contributed by atoms with Gasteiger partial charge in [-0.05, 0) is 0 Å². The third-order valence-electron chi connectivity index (χ3n) is 6.46. The average molecular weight is 574 g/mol. The van der Waals surface area contributed by atoms with Crippen molar-refractivity contribution >= 4 is 24.5 Å². The van der Waals surface area contributed by atoms with Crippen molar-refractivity contribution in [3.05, 3.63) is 18.2 Å². The molecule has 1 rings (SSSR count). The van der Waals surface area contributed by atoms with E-state index in [1.165, 1.54) is 126 Å². The van der Waals surface area contributed by atoms with E-state index in [2.05, 4.69) is 19.9 Å². The number of phenols is 1. The Kier molecular flexibility index (Phi) is 21.7. The first-order valence-corrected chi connectivity index (χ1v) is 17.2. The van der Waals surface area contributed by atoms with Crippen LogP contribution >= 0.6 is 0 Å². The third kappa shape index (κ3) is 17.7. The molecule has 0 atom stereocenters. The van der Waals surface area contributed by atoms with E-state index in [-0.39, 0.29) is 20.9 Å². The molecule has 192 valence electrons. The number of unbranched alkanes of at least 4 members (excludes halogenated alkanes) is 18. The fraction of sp³-hybridized carbons (Fsp3) is 0.800. The van der Waals surface area contributed by atoms with E-state index in [0.717, 1.165) is 22.4 Å². The first-order valence-electron chi connectivity index (χ1n) is 14.4. The summed E-state index contributed by atoms with van der Waals surface area (Å²) in [5.41, 5.74) is 0. The van der Waals surface area contributed by atoms with Gasteiger partial charge in [0.2, 0.25) is 0 Å². The summed E-state index contributed by atoms with van der Waals surface area (Å²) in [6.45, 7) is 5.34. The topological polar surface area (TPSA) is 29.5 Å².